The Balaban J connectivity index is 1.78. The number of rotatable bonds is 8. The van der Waals surface area contributed by atoms with E-state index in [1.54, 1.807) is 18.2 Å². The van der Waals surface area contributed by atoms with Crippen molar-refractivity contribution in [2.45, 2.75) is 23.3 Å². The first-order valence-electron chi connectivity index (χ1n) is 10.2. The molecule has 0 aliphatic heterocycles. The normalized spacial score (nSPS) is 11.0. The Kier molecular flexibility index (Phi) is 6.46. The number of nitrogens with zero attached hydrogens (tertiary/aromatic N) is 2. The van der Waals surface area contributed by atoms with Crippen molar-refractivity contribution >= 4 is 34.0 Å². The Hall–Kier alpha value is -3.65. The van der Waals surface area contributed by atoms with Crippen molar-refractivity contribution in [2.75, 3.05) is 11.9 Å². The Labute approximate surface area is 193 Å². The summed E-state index contributed by atoms with van der Waals surface area (Å²) in [5.74, 6) is -1.28. The minimum atomic E-state index is -0.639. The zero-order chi connectivity index (χ0) is 23.5. The summed E-state index contributed by atoms with van der Waals surface area (Å²) in [6.45, 7) is 6.68. The lowest BCUT2D eigenvalue weighted by atomic mass is 10.2. The van der Waals surface area contributed by atoms with E-state index in [1.807, 2.05) is 35.9 Å². The van der Waals surface area contributed by atoms with Gasteiger partial charge in [0.2, 0.25) is 0 Å². The van der Waals surface area contributed by atoms with Crippen LogP contribution < -0.4 is 5.32 Å². The van der Waals surface area contributed by atoms with Gasteiger partial charge in [-0.1, -0.05) is 36.0 Å². The maximum atomic E-state index is 13.8. The summed E-state index contributed by atoms with van der Waals surface area (Å²) in [5, 5.41) is 15.6. The topological polar surface area (TPSA) is 60.1 Å². The van der Waals surface area contributed by atoms with E-state index in [-0.39, 0.29) is 12.2 Å². The van der Waals surface area contributed by atoms with Crippen LogP contribution in [0, 0.1) is 21.7 Å². The SMILES string of the molecule is C=C(C)CNc1ccc2c(Sc3ccccc3[N+](=O)[O-])cn(Cc3cc(F)cc(F)c3)c2c1. The number of nitrogens with one attached hydrogen (secondary N) is 1. The highest BCUT2D eigenvalue weighted by molar-refractivity contribution is 7.99. The number of aromatic nitrogens is 1. The molecule has 0 aliphatic carbocycles. The summed E-state index contributed by atoms with van der Waals surface area (Å²) in [4.78, 5) is 12.4. The van der Waals surface area contributed by atoms with Crippen molar-refractivity contribution in [3.8, 4) is 0 Å². The summed E-state index contributed by atoms with van der Waals surface area (Å²) >= 11 is 1.29. The standard InChI is InChI=1S/C25H21F2N3O2S/c1-16(2)13-28-20-7-8-21-23(12-20)29(14-17-9-18(26)11-19(27)10-17)15-25(21)33-24-6-4-3-5-22(24)30(31)32/h3-12,15,28H,1,13-14H2,2H3. The van der Waals surface area contributed by atoms with Crippen molar-refractivity contribution in [1.82, 2.24) is 4.57 Å². The zero-order valence-electron chi connectivity index (χ0n) is 17.8. The van der Waals surface area contributed by atoms with Crippen LogP contribution in [0.3, 0.4) is 0 Å². The largest absolute Gasteiger partial charge is 0.381 e. The van der Waals surface area contributed by atoms with Crippen LogP contribution in [0.1, 0.15) is 12.5 Å². The maximum absolute atomic E-state index is 13.8. The zero-order valence-corrected chi connectivity index (χ0v) is 18.7. The van der Waals surface area contributed by atoms with E-state index >= 15 is 0 Å². The summed E-state index contributed by atoms with van der Waals surface area (Å²) in [7, 11) is 0. The highest BCUT2D eigenvalue weighted by Crippen LogP contribution is 2.40. The van der Waals surface area contributed by atoms with Gasteiger partial charge in [0.15, 0.2) is 0 Å². The Morgan fingerprint density at radius 2 is 1.82 bits per heavy atom. The summed E-state index contributed by atoms with van der Waals surface area (Å²) < 4.78 is 29.4. The number of hydrogen-bond donors (Lipinski definition) is 1. The minimum absolute atomic E-state index is 0.0235. The Bertz CT molecular complexity index is 1350. The molecule has 1 N–H and O–H groups in total. The lowest BCUT2D eigenvalue weighted by Gasteiger charge is -2.09. The highest BCUT2D eigenvalue weighted by atomic mass is 32.2. The number of fused-ring (bicyclic) bond motifs is 1. The van der Waals surface area contributed by atoms with Crippen molar-refractivity contribution in [3.05, 3.63) is 106 Å². The molecule has 5 nitrogen and oxygen atoms in total. The average molecular weight is 466 g/mol. The monoisotopic (exact) mass is 465 g/mol. The van der Waals surface area contributed by atoms with Crippen molar-refractivity contribution in [2.24, 2.45) is 0 Å². The first-order chi connectivity index (χ1) is 15.8. The van der Waals surface area contributed by atoms with Gasteiger partial charge in [0.05, 0.1) is 15.3 Å². The van der Waals surface area contributed by atoms with Gasteiger partial charge in [-0.25, -0.2) is 8.78 Å². The molecule has 0 bridgehead atoms. The van der Waals surface area contributed by atoms with Crippen LogP contribution in [0.15, 0.2) is 88.8 Å². The fraction of sp³-hybridized carbons (Fsp3) is 0.120. The van der Waals surface area contributed by atoms with E-state index in [9.17, 15) is 18.9 Å². The number of nitro benzene ring substituents is 1. The second kappa shape index (κ2) is 9.46. The molecule has 1 heterocycles. The lowest BCUT2D eigenvalue weighted by Crippen LogP contribution is -2.03. The molecule has 8 heteroatoms. The number of para-hydroxylation sites is 1. The molecule has 4 rings (SSSR count). The Morgan fingerprint density at radius 3 is 2.52 bits per heavy atom. The predicted octanol–water partition coefficient (Wildman–Crippen LogP) is 7.02. The number of halogens is 2. The third kappa shape index (κ3) is 5.23. The van der Waals surface area contributed by atoms with E-state index in [4.69, 9.17) is 0 Å². The Morgan fingerprint density at radius 1 is 1.09 bits per heavy atom. The summed E-state index contributed by atoms with van der Waals surface area (Å²) in [5.41, 5.74) is 3.20. The molecule has 1 aromatic heterocycles. The van der Waals surface area contributed by atoms with Gasteiger partial charge in [-0.2, -0.15) is 0 Å². The first kappa shape index (κ1) is 22.5. The van der Waals surface area contributed by atoms with Crippen LogP contribution in [0.2, 0.25) is 0 Å². The minimum Gasteiger partial charge on any atom is -0.381 e. The molecule has 0 radical (unpaired) electrons. The van der Waals surface area contributed by atoms with Crippen LogP contribution >= 0.6 is 11.8 Å². The molecule has 33 heavy (non-hydrogen) atoms. The van der Waals surface area contributed by atoms with Gasteiger partial charge in [0.1, 0.15) is 11.6 Å². The fourth-order valence-electron chi connectivity index (χ4n) is 3.55. The van der Waals surface area contributed by atoms with Gasteiger partial charge < -0.3 is 9.88 Å². The molecule has 0 saturated carbocycles. The number of benzene rings is 3. The van der Waals surface area contributed by atoms with E-state index in [2.05, 4.69) is 11.9 Å². The van der Waals surface area contributed by atoms with Gasteiger partial charge in [0.25, 0.3) is 5.69 Å². The van der Waals surface area contributed by atoms with Gasteiger partial charge in [-0.15, -0.1) is 0 Å². The smallest absolute Gasteiger partial charge is 0.283 e. The van der Waals surface area contributed by atoms with Gasteiger partial charge in [0, 0.05) is 47.4 Å². The summed E-state index contributed by atoms with van der Waals surface area (Å²) in [6, 6.07) is 15.8. The van der Waals surface area contributed by atoms with Crippen LogP contribution in [0.5, 0.6) is 0 Å². The average Bonchev–Trinajstić information content (AvgIpc) is 3.08. The molecular formula is C25H21F2N3O2S. The molecule has 0 spiro atoms. The maximum Gasteiger partial charge on any atom is 0.283 e. The third-order valence-corrected chi connectivity index (χ3v) is 6.11. The molecule has 0 fully saturated rings. The first-order valence-corrected chi connectivity index (χ1v) is 11.0. The van der Waals surface area contributed by atoms with Crippen LogP contribution in [0.4, 0.5) is 20.2 Å². The van der Waals surface area contributed by atoms with E-state index in [0.717, 1.165) is 33.1 Å². The molecule has 0 aliphatic rings. The second-order valence-electron chi connectivity index (χ2n) is 7.77. The molecular weight excluding hydrogens is 444 g/mol. The second-order valence-corrected chi connectivity index (χ2v) is 8.85. The number of nitro groups is 1. The van der Waals surface area contributed by atoms with Crippen LogP contribution in [-0.2, 0) is 6.54 Å². The molecule has 0 amide bonds. The van der Waals surface area contributed by atoms with Crippen molar-refractivity contribution in [3.63, 3.8) is 0 Å². The number of hydrogen-bond acceptors (Lipinski definition) is 4. The highest BCUT2D eigenvalue weighted by Gasteiger charge is 2.17. The van der Waals surface area contributed by atoms with E-state index in [0.29, 0.717) is 17.0 Å². The van der Waals surface area contributed by atoms with E-state index in [1.165, 1.54) is 30.0 Å². The van der Waals surface area contributed by atoms with Gasteiger partial charge in [-0.3, -0.25) is 10.1 Å². The predicted molar refractivity (Wildman–Crippen MR) is 128 cm³/mol. The molecule has 0 unspecified atom stereocenters. The molecule has 4 aromatic rings. The van der Waals surface area contributed by atoms with Crippen molar-refractivity contribution < 1.29 is 13.7 Å². The number of anilines is 1. The lowest BCUT2D eigenvalue weighted by molar-refractivity contribution is -0.387. The molecule has 3 aromatic carbocycles. The third-order valence-electron chi connectivity index (χ3n) is 5.00. The van der Waals surface area contributed by atoms with Gasteiger partial charge in [-0.05, 0) is 48.9 Å². The van der Waals surface area contributed by atoms with Gasteiger partial charge >= 0.3 is 0 Å². The fourth-order valence-corrected chi connectivity index (χ4v) is 4.64. The van der Waals surface area contributed by atoms with Crippen LogP contribution in [0.25, 0.3) is 10.9 Å². The quantitative estimate of drug-likeness (QED) is 0.173. The molecule has 0 atom stereocenters. The molecule has 0 saturated heterocycles. The summed E-state index contributed by atoms with van der Waals surface area (Å²) in [6.07, 6.45) is 1.86. The van der Waals surface area contributed by atoms with Crippen molar-refractivity contribution in [1.29, 1.82) is 0 Å². The van der Waals surface area contributed by atoms with Crippen LogP contribution in [-0.4, -0.2) is 16.0 Å². The van der Waals surface area contributed by atoms with E-state index < -0.39 is 16.6 Å². The molecule has 168 valence electrons.